The maximum Gasteiger partial charge on any atom is 0.0948 e. The third kappa shape index (κ3) is 2.08. The van der Waals surface area contributed by atoms with Crippen LogP contribution in [0.1, 0.15) is 5.69 Å². The molecule has 1 unspecified atom stereocenters. The van der Waals surface area contributed by atoms with Gasteiger partial charge in [0.1, 0.15) is 0 Å². The number of aryl methyl sites for hydroxylation is 1. The van der Waals surface area contributed by atoms with Crippen molar-refractivity contribution in [3.63, 3.8) is 0 Å². The molecule has 1 aliphatic heterocycles. The van der Waals surface area contributed by atoms with Gasteiger partial charge < -0.3 is 14.6 Å². The number of aromatic nitrogens is 2. The lowest BCUT2D eigenvalue weighted by Gasteiger charge is -2.24. The Hall–Kier alpha value is -0.870. The largest absolute Gasteiger partial charge is 0.378 e. The minimum absolute atomic E-state index is 0.432. The summed E-state index contributed by atoms with van der Waals surface area (Å²) in [5, 5.41) is 3.41. The Morgan fingerprint density at radius 2 is 2.69 bits per heavy atom. The lowest BCUT2D eigenvalue weighted by molar-refractivity contribution is 0.0712. The second-order valence-electron chi connectivity index (χ2n) is 3.41. The van der Waals surface area contributed by atoms with Gasteiger partial charge in [-0.25, -0.2) is 4.98 Å². The van der Waals surface area contributed by atoms with E-state index < -0.39 is 0 Å². The van der Waals surface area contributed by atoms with E-state index in [1.165, 1.54) is 5.69 Å². The maximum absolute atomic E-state index is 5.37. The first-order valence-electron chi connectivity index (χ1n) is 4.64. The van der Waals surface area contributed by atoms with Crippen molar-refractivity contribution in [2.24, 2.45) is 0 Å². The molecule has 4 nitrogen and oxygen atoms in total. The van der Waals surface area contributed by atoms with Gasteiger partial charge in [-0.3, -0.25) is 0 Å². The highest BCUT2D eigenvalue weighted by Gasteiger charge is 2.13. The van der Waals surface area contributed by atoms with Crippen LogP contribution in [0.2, 0.25) is 0 Å². The number of rotatable bonds is 2. The minimum Gasteiger partial charge on any atom is -0.378 e. The van der Waals surface area contributed by atoms with Crippen LogP contribution in [-0.4, -0.2) is 35.4 Å². The molecule has 0 aliphatic carbocycles. The predicted molar refractivity (Wildman–Crippen MR) is 49.6 cm³/mol. The third-order valence-electron chi connectivity index (χ3n) is 2.34. The minimum atomic E-state index is 0.432. The van der Waals surface area contributed by atoms with Crippen molar-refractivity contribution < 1.29 is 4.74 Å². The van der Waals surface area contributed by atoms with Crippen LogP contribution in [0.5, 0.6) is 0 Å². The van der Waals surface area contributed by atoms with Crippen LogP contribution < -0.4 is 5.32 Å². The number of imidazole rings is 1. The van der Waals surface area contributed by atoms with Gasteiger partial charge in [0.15, 0.2) is 0 Å². The molecular weight excluding hydrogens is 166 g/mol. The van der Waals surface area contributed by atoms with Gasteiger partial charge in [-0.1, -0.05) is 0 Å². The summed E-state index contributed by atoms with van der Waals surface area (Å²) in [6.45, 7) is 5.61. The smallest absolute Gasteiger partial charge is 0.0948 e. The molecule has 0 bridgehead atoms. The van der Waals surface area contributed by atoms with E-state index in [0.29, 0.717) is 6.04 Å². The fourth-order valence-electron chi connectivity index (χ4n) is 1.55. The molecule has 0 aromatic carbocycles. The number of nitrogens with zero attached hydrogens (tertiary/aromatic N) is 2. The Balaban J connectivity index is 1.93. The van der Waals surface area contributed by atoms with Crippen LogP contribution in [0.4, 0.5) is 0 Å². The Labute approximate surface area is 77.9 Å². The molecule has 0 spiro atoms. The fourth-order valence-corrected chi connectivity index (χ4v) is 1.55. The van der Waals surface area contributed by atoms with E-state index in [4.69, 9.17) is 4.74 Å². The lowest BCUT2D eigenvalue weighted by Crippen LogP contribution is -2.43. The van der Waals surface area contributed by atoms with Crippen molar-refractivity contribution in [2.45, 2.75) is 19.5 Å². The highest BCUT2D eigenvalue weighted by Crippen LogP contribution is 2.01. The second-order valence-corrected chi connectivity index (χ2v) is 3.41. The van der Waals surface area contributed by atoms with Gasteiger partial charge in [0.2, 0.25) is 0 Å². The van der Waals surface area contributed by atoms with Crippen LogP contribution in [0, 0.1) is 6.92 Å². The van der Waals surface area contributed by atoms with Crippen molar-refractivity contribution in [3.05, 3.63) is 18.2 Å². The van der Waals surface area contributed by atoms with Gasteiger partial charge in [0, 0.05) is 31.0 Å². The van der Waals surface area contributed by atoms with Crippen LogP contribution in [-0.2, 0) is 11.3 Å². The molecule has 0 radical (unpaired) electrons. The number of hydrogen-bond acceptors (Lipinski definition) is 3. The lowest BCUT2D eigenvalue weighted by atomic mass is 10.2. The summed E-state index contributed by atoms with van der Waals surface area (Å²) in [6.07, 6.45) is 3.75. The molecule has 1 saturated heterocycles. The first kappa shape index (κ1) is 8.72. The average Bonchev–Trinajstić information content (AvgIpc) is 2.54. The van der Waals surface area contributed by atoms with Gasteiger partial charge in [-0.15, -0.1) is 0 Å². The van der Waals surface area contributed by atoms with Gasteiger partial charge >= 0.3 is 0 Å². The highest BCUT2D eigenvalue weighted by atomic mass is 16.5. The molecule has 4 heteroatoms. The Bertz CT molecular complexity index is 266. The molecule has 0 amide bonds. The Morgan fingerprint density at radius 3 is 3.31 bits per heavy atom. The van der Waals surface area contributed by atoms with E-state index in [1.54, 1.807) is 0 Å². The molecule has 1 atom stereocenters. The zero-order chi connectivity index (χ0) is 9.10. The number of hydrogen-bond donors (Lipinski definition) is 1. The summed E-state index contributed by atoms with van der Waals surface area (Å²) in [4.78, 5) is 4.08. The van der Waals surface area contributed by atoms with Crippen LogP contribution >= 0.6 is 0 Å². The van der Waals surface area contributed by atoms with E-state index >= 15 is 0 Å². The summed E-state index contributed by atoms with van der Waals surface area (Å²) in [7, 11) is 0. The third-order valence-corrected chi connectivity index (χ3v) is 2.34. The first-order chi connectivity index (χ1) is 6.36. The number of ether oxygens (including phenoxy) is 1. The molecule has 1 N–H and O–H groups in total. The van der Waals surface area contributed by atoms with Crippen LogP contribution in [0.3, 0.4) is 0 Å². The fraction of sp³-hybridized carbons (Fsp3) is 0.667. The Kier molecular flexibility index (Phi) is 2.61. The summed E-state index contributed by atoms with van der Waals surface area (Å²) >= 11 is 0. The predicted octanol–water partition coefficient (Wildman–Crippen LogP) is 0.180. The topological polar surface area (TPSA) is 39.1 Å². The van der Waals surface area contributed by atoms with Crippen molar-refractivity contribution in [2.75, 3.05) is 19.8 Å². The molecule has 0 saturated carbocycles. The van der Waals surface area contributed by atoms with Crippen molar-refractivity contribution in [1.29, 1.82) is 0 Å². The molecule has 72 valence electrons. The van der Waals surface area contributed by atoms with Crippen LogP contribution in [0.15, 0.2) is 12.5 Å². The van der Waals surface area contributed by atoms with Crippen LogP contribution in [0.25, 0.3) is 0 Å². The molecule has 13 heavy (non-hydrogen) atoms. The average molecular weight is 181 g/mol. The quantitative estimate of drug-likeness (QED) is 0.707. The summed E-state index contributed by atoms with van der Waals surface area (Å²) in [5.74, 6) is 0. The van der Waals surface area contributed by atoms with Gasteiger partial charge in [0.05, 0.1) is 19.5 Å². The van der Waals surface area contributed by atoms with E-state index in [2.05, 4.69) is 21.8 Å². The number of nitrogens with one attached hydrogen (secondary N) is 1. The van der Waals surface area contributed by atoms with E-state index in [9.17, 15) is 0 Å². The molecular formula is C9H15N3O. The zero-order valence-electron chi connectivity index (χ0n) is 7.86. The van der Waals surface area contributed by atoms with E-state index in [-0.39, 0.29) is 0 Å². The maximum atomic E-state index is 5.37. The van der Waals surface area contributed by atoms with Crippen molar-refractivity contribution in [3.8, 4) is 0 Å². The molecule has 2 rings (SSSR count). The number of morpholine rings is 1. The van der Waals surface area contributed by atoms with Crippen molar-refractivity contribution in [1.82, 2.24) is 14.9 Å². The van der Waals surface area contributed by atoms with Gasteiger partial charge in [-0.2, -0.15) is 0 Å². The Morgan fingerprint density at radius 1 is 1.77 bits per heavy atom. The van der Waals surface area contributed by atoms with Gasteiger partial charge in [0.25, 0.3) is 0 Å². The highest BCUT2D eigenvalue weighted by molar-refractivity contribution is 4.95. The molecule has 1 aliphatic rings. The molecule has 2 heterocycles. The second kappa shape index (κ2) is 3.89. The SMILES string of the molecule is Cc1cncn1CC1COCCN1. The summed E-state index contributed by atoms with van der Waals surface area (Å²) in [6, 6.07) is 0.432. The summed E-state index contributed by atoms with van der Waals surface area (Å²) < 4.78 is 7.52. The van der Waals surface area contributed by atoms with E-state index in [0.717, 1.165) is 26.3 Å². The van der Waals surface area contributed by atoms with E-state index in [1.807, 2.05) is 12.5 Å². The molecule has 1 fully saturated rings. The normalized spacial score (nSPS) is 23.3. The molecule has 1 aromatic rings. The van der Waals surface area contributed by atoms with Gasteiger partial charge in [-0.05, 0) is 6.92 Å². The zero-order valence-corrected chi connectivity index (χ0v) is 7.86. The standard InChI is InChI=1S/C9H15N3O/c1-8-4-10-7-12(8)5-9-6-13-3-2-11-9/h4,7,9,11H,2-3,5-6H2,1H3. The monoisotopic (exact) mass is 181 g/mol. The first-order valence-corrected chi connectivity index (χ1v) is 4.64. The summed E-state index contributed by atoms with van der Waals surface area (Å²) in [5.41, 5.74) is 1.20. The molecule has 1 aromatic heterocycles. The van der Waals surface area contributed by atoms with Crippen molar-refractivity contribution >= 4 is 0 Å².